The first-order valence-electron chi connectivity index (χ1n) is 3.50. The van der Waals surface area contributed by atoms with Gasteiger partial charge in [-0.2, -0.15) is 0 Å². The molecule has 0 amide bonds. The molecule has 0 unspecified atom stereocenters. The highest BCUT2D eigenvalue weighted by Crippen LogP contribution is 2.15. The molecule has 1 aromatic carbocycles. The molecule has 0 aromatic heterocycles. The highest BCUT2D eigenvalue weighted by molar-refractivity contribution is 6.47. The van der Waals surface area contributed by atoms with E-state index in [9.17, 15) is 22.0 Å². The summed E-state index contributed by atoms with van der Waals surface area (Å²) in [5.41, 5.74) is -0.969. The average Bonchev–Trinajstić information content (AvgIpc) is 2.19. The van der Waals surface area contributed by atoms with Crippen molar-refractivity contribution in [3.63, 3.8) is 0 Å². The lowest BCUT2D eigenvalue weighted by Gasteiger charge is -2.05. The van der Waals surface area contributed by atoms with E-state index in [2.05, 4.69) is 4.65 Å². The summed E-state index contributed by atoms with van der Waals surface area (Å²) in [6, 6.07) is 0. The lowest BCUT2D eigenvalue weighted by Crippen LogP contribution is -2.28. The number of hydrogen-bond acceptors (Lipinski definition) is 1. The summed E-state index contributed by atoms with van der Waals surface area (Å²) in [7, 11) is 0.407. The molecule has 0 aliphatic rings. The molecule has 0 saturated carbocycles. The standard InChI is InChI=1S/C7H4BF5O/c1-14-8-2-3(9)5(11)7(13)6(12)4(2)10/h8H,1H3. The third-order valence-electron chi connectivity index (χ3n) is 1.59. The fourth-order valence-corrected chi connectivity index (χ4v) is 0.921. The maximum Gasteiger partial charge on any atom is 0.314 e. The molecular weight excluding hydrogens is 206 g/mol. The van der Waals surface area contributed by atoms with Gasteiger partial charge in [0.25, 0.3) is 0 Å². The summed E-state index contributed by atoms with van der Waals surface area (Å²) in [6.45, 7) is 0. The summed E-state index contributed by atoms with van der Waals surface area (Å²) >= 11 is 0. The van der Waals surface area contributed by atoms with E-state index in [1.165, 1.54) is 0 Å². The van der Waals surface area contributed by atoms with Crippen molar-refractivity contribution < 1.29 is 26.6 Å². The Morgan fingerprint density at radius 1 is 0.786 bits per heavy atom. The minimum Gasteiger partial charge on any atom is -0.437 e. The van der Waals surface area contributed by atoms with Crippen LogP contribution in [0.1, 0.15) is 0 Å². The van der Waals surface area contributed by atoms with Crippen LogP contribution in [0.2, 0.25) is 0 Å². The fraction of sp³-hybridized carbons (Fsp3) is 0.143. The Kier molecular flexibility index (Phi) is 3.10. The van der Waals surface area contributed by atoms with Crippen LogP contribution in [0.15, 0.2) is 0 Å². The Balaban J connectivity index is 3.43. The maximum atomic E-state index is 12.8. The van der Waals surface area contributed by atoms with Crippen molar-refractivity contribution in [2.75, 3.05) is 7.11 Å². The fourth-order valence-electron chi connectivity index (χ4n) is 0.921. The second kappa shape index (κ2) is 3.95. The second-order valence-corrected chi connectivity index (χ2v) is 2.48. The predicted molar refractivity (Wildman–Crippen MR) is 40.0 cm³/mol. The van der Waals surface area contributed by atoms with Crippen molar-refractivity contribution in [2.24, 2.45) is 0 Å². The lowest BCUT2D eigenvalue weighted by atomic mass is 9.86. The van der Waals surface area contributed by atoms with Gasteiger partial charge in [0.2, 0.25) is 0 Å². The minimum absolute atomic E-state index is 0.675. The topological polar surface area (TPSA) is 9.23 Å². The third kappa shape index (κ3) is 1.59. The van der Waals surface area contributed by atoms with Crippen molar-refractivity contribution >= 4 is 12.9 Å². The highest BCUT2D eigenvalue weighted by atomic mass is 19.2. The average molecular weight is 210 g/mol. The van der Waals surface area contributed by atoms with E-state index < -0.39 is 42.0 Å². The molecule has 0 bridgehead atoms. The zero-order valence-electron chi connectivity index (χ0n) is 7.01. The van der Waals surface area contributed by atoms with Gasteiger partial charge < -0.3 is 4.65 Å². The maximum absolute atomic E-state index is 12.8. The zero-order chi connectivity index (χ0) is 10.9. The summed E-state index contributed by atoms with van der Waals surface area (Å²) < 4.78 is 67.4. The monoisotopic (exact) mass is 210 g/mol. The van der Waals surface area contributed by atoms with Crippen molar-refractivity contribution in [3.8, 4) is 0 Å². The first-order valence-corrected chi connectivity index (χ1v) is 3.50. The van der Waals surface area contributed by atoms with E-state index in [1.807, 2.05) is 0 Å². The summed E-state index contributed by atoms with van der Waals surface area (Å²) in [4.78, 5) is 0. The summed E-state index contributed by atoms with van der Waals surface area (Å²) in [5, 5.41) is 0. The van der Waals surface area contributed by atoms with Gasteiger partial charge in [0.1, 0.15) is 0 Å². The molecule has 0 aliphatic carbocycles. The molecule has 0 atom stereocenters. The van der Waals surface area contributed by atoms with E-state index in [0.29, 0.717) is 0 Å². The molecule has 0 radical (unpaired) electrons. The number of hydrogen-bond donors (Lipinski definition) is 0. The van der Waals surface area contributed by atoms with Crippen LogP contribution < -0.4 is 5.46 Å². The van der Waals surface area contributed by atoms with Crippen molar-refractivity contribution in [3.05, 3.63) is 29.1 Å². The zero-order valence-corrected chi connectivity index (χ0v) is 7.01. The van der Waals surface area contributed by atoms with E-state index in [-0.39, 0.29) is 0 Å². The molecule has 1 aromatic rings. The van der Waals surface area contributed by atoms with Gasteiger partial charge in [0.05, 0.1) is 0 Å². The van der Waals surface area contributed by atoms with Gasteiger partial charge in [-0.05, 0) is 0 Å². The van der Waals surface area contributed by atoms with Crippen LogP contribution in [0.3, 0.4) is 0 Å². The first kappa shape index (κ1) is 11.0. The highest BCUT2D eigenvalue weighted by Gasteiger charge is 2.25. The lowest BCUT2D eigenvalue weighted by molar-refractivity contribution is 0.380. The molecule has 0 saturated heterocycles. The smallest absolute Gasteiger partial charge is 0.314 e. The Labute approximate surface area is 76.8 Å². The van der Waals surface area contributed by atoms with Crippen molar-refractivity contribution in [1.29, 1.82) is 0 Å². The SMILES string of the molecule is COBc1c(F)c(F)c(F)c(F)c1F. The summed E-state index contributed by atoms with van der Waals surface area (Å²) in [6.07, 6.45) is 0. The largest absolute Gasteiger partial charge is 0.437 e. The molecular formula is C7H4BF5O. The third-order valence-corrected chi connectivity index (χ3v) is 1.59. The van der Waals surface area contributed by atoms with Gasteiger partial charge in [-0.15, -0.1) is 0 Å². The van der Waals surface area contributed by atoms with Crippen LogP contribution in [-0.4, -0.2) is 14.6 Å². The van der Waals surface area contributed by atoms with Crippen LogP contribution in [-0.2, 0) is 4.65 Å². The number of benzene rings is 1. The van der Waals surface area contributed by atoms with Crippen LogP contribution in [0.5, 0.6) is 0 Å². The normalized spacial score (nSPS) is 10.4. The quantitative estimate of drug-likeness (QED) is 0.306. The minimum atomic E-state index is -2.17. The molecule has 1 rings (SSSR count). The molecule has 76 valence electrons. The van der Waals surface area contributed by atoms with Gasteiger partial charge >= 0.3 is 7.48 Å². The van der Waals surface area contributed by atoms with Gasteiger partial charge in [-0.1, -0.05) is 0 Å². The molecule has 0 spiro atoms. The number of rotatable bonds is 2. The molecule has 0 heterocycles. The van der Waals surface area contributed by atoms with E-state index in [1.54, 1.807) is 0 Å². The molecule has 7 heteroatoms. The Hall–Kier alpha value is -1.11. The molecule has 1 nitrogen and oxygen atoms in total. The Bertz CT molecular complexity index is 339. The van der Waals surface area contributed by atoms with Crippen LogP contribution in [0.4, 0.5) is 22.0 Å². The van der Waals surface area contributed by atoms with Gasteiger partial charge in [0, 0.05) is 12.6 Å². The molecule has 0 N–H and O–H groups in total. The van der Waals surface area contributed by atoms with E-state index >= 15 is 0 Å². The molecule has 0 aliphatic heterocycles. The Morgan fingerprint density at radius 3 is 1.50 bits per heavy atom. The van der Waals surface area contributed by atoms with Gasteiger partial charge in [-0.25, -0.2) is 22.0 Å². The number of halogens is 5. The summed E-state index contributed by atoms with van der Waals surface area (Å²) in [5.74, 6) is -9.81. The van der Waals surface area contributed by atoms with Crippen molar-refractivity contribution in [1.82, 2.24) is 0 Å². The van der Waals surface area contributed by atoms with Gasteiger partial charge in [0.15, 0.2) is 29.1 Å². The van der Waals surface area contributed by atoms with E-state index in [4.69, 9.17) is 0 Å². The molecule has 0 fully saturated rings. The van der Waals surface area contributed by atoms with E-state index in [0.717, 1.165) is 7.11 Å². The van der Waals surface area contributed by atoms with Crippen molar-refractivity contribution in [2.45, 2.75) is 0 Å². The van der Waals surface area contributed by atoms with Crippen LogP contribution in [0, 0.1) is 29.1 Å². The first-order chi connectivity index (χ1) is 6.50. The van der Waals surface area contributed by atoms with Gasteiger partial charge in [-0.3, -0.25) is 0 Å². The predicted octanol–water partition coefficient (Wildman–Crippen LogP) is 1.01. The Morgan fingerprint density at radius 2 is 1.14 bits per heavy atom. The second-order valence-electron chi connectivity index (χ2n) is 2.48. The van der Waals surface area contributed by atoms with Crippen LogP contribution >= 0.6 is 0 Å². The molecule has 14 heavy (non-hydrogen) atoms. The van der Waals surface area contributed by atoms with Crippen LogP contribution in [0.25, 0.3) is 0 Å².